The lowest BCUT2D eigenvalue weighted by Crippen LogP contribution is -2.43. The summed E-state index contributed by atoms with van der Waals surface area (Å²) in [7, 11) is 0. The van der Waals surface area contributed by atoms with Crippen LogP contribution >= 0.6 is 0 Å². The van der Waals surface area contributed by atoms with E-state index in [2.05, 4.69) is 0 Å². The molecule has 0 bridgehead atoms. The van der Waals surface area contributed by atoms with Crippen molar-refractivity contribution >= 4 is 12.0 Å². The number of amides is 2. The van der Waals surface area contributed by atoms with E-state index in [1.54, 1.807) is 19.1 Å². The molecule has 108 valence electrons. The van der Waals surface area contributed by atoms with E-state index >= 15 is 0 Å². The molecule has 0 aliphatic carbocycles. The van der Waals surface area contributed by atoms with Gasteiger partial charge in [0.05, 0.1) is 12.0 Å². The van der Waals surface area contributed by atoms with Gasteiger partial charge in [-0.2, -0.15) is 0 Å². The number of carbonyl (C=O) groups excluding carboxylic acids is 2. The van der Waals surface area contributed by atoms with Crippen LogP contribution in [0.25, 0.3) is 0 Å². The van der Waals surface area contributed by atoms with Crippen molar-refractivity contribution in [3.8, 4) is 0 Å². The largest absolute Gasteiger partial charge is 0.447 e. The molecule has 0 unspecified atom stereocenters. The Morgan fingerprint density at radius 3 is 2.45 bits per heavy atom. The van der Waals surface area contributed by atoms with Crippen LogP contribution in [0.1, 0.15) is 32.3 Å². The van der Waals surface area contributed by atoms with Gasteiger partial charge in [0.1, 0.15) is 12.4 Å². The molecule has 0 N–H and O–H groups in total. The molecule has 0 radical (unpaired) electrons. The summed E-state index contributed by atoms with van der Waals surface area (Å²) in [6.45, 7) is 5.82. The first-order chi connectivity index (χ1) is 9.41. The highest BCUT2D eigenvalue weighted by Crippen LogP contribution is 2.26. The number of ether oxygens (including phenoxy) is 1. The third kappa shape index (κ3) is 2.66. The Hall–Kier alpha value is -1.91. The van der Waals surface area contributed by atoms with Crippen LogP contribution in [0.4, 0.5) is 9.18 Å². The van der Waals surface area contributed by atoms with Crippen LogP contribution in [0, 0.1) is 11.7 Å². The fraction of sp³-hybridized carbons (Fsp3) is 0.467. The zero-order chi connectivity index (χ0) is 14.9. The summed E-state index contributed by atoms with van der Waals surface area (Å²) in [6.07, 6.45) is -0.595. The van der Waals surface area contributed by atoms with E-state index in [0.717, 1.165) is 0 Å². The van der Waals surface area contributed by atoms with Gasteiger partial charge in [0.25, 0.3) is 0 Å². The maximum absolute atomic E-state index is 12.9. The van der Waals surface area contributed by atoms with Gasteiger partial charge in [-0.1, -0.05) is 26.0 Å². The molecule has 1 aliphatic rings. The van der Waals surface area contributed by atoms with Gasteiger partial charge in [-0.15, -0.1) is 0 Å². The summed E-state index contributed by atoms with van der Waals surface area (Å²) >= 11 is 0. The Balaban J connectivity index is 2.21. The molecule has 0 aromatic heterocycles. The number of imide groups is 1. The average molecular weight is 279 g/mol. The molecular formula is C15H18FNO3. The monoisotopic (exact) mass is 279 g/mol. The fourth-order valence-corrected chi connectivity index (χ4v) is 2.28. The smallest absolute Gasteiger partial charge is 0.417 e. The molecule has 0 saturated carbocycles. The second kappa shape index (κ2) is 5.61. The van der Waals surface area contributed by atoms with Gasteiger partial charge in [0.15, 0.2) is 0 Å². The topological polar surface area (TPSA) is 46.6 Å². The summed E-state index contributed by atoms with van der Waals surface area (Å²) in [5.74, 6) is -1.04. The van der Waals surface area contributed by atoms with Crippen LogP contribution < -0.4 is 0 Å². The molecule has 1 aliphatic heterocycles. The second-order valence-electron chi connectivity index (χ2n) is 5.37. The zero-order valence-electron chi connectivity index (χ0n) is 11.8. The van der Waals surface area contributed by atoms with E-state index in [9.17, 15) is 14.0 Å². The first kappa shape index (κ1) is 14.5. The summed E-state index contributed by atoms with van der Waals surface area (Å²) in [4.78, 5) is 25.4. The van der Waals surface area contributed by atoms with Gasteiger partial charge in [-0.05, 0) is 30.5 Å². The SMILES string of the molecule is CC(C)[C@H]1COC(=O)N1C(=O)[C@@H](C)c1ccc(F)cc1. The standard InChI is InChI=1S/C15H18FNO3/c1-9(2)13-8-20-15(19)17(13)14(18)10(3)11-4-6-12(16)7-5-11/h4-7,9-10,13H,8H2,1-3H3/t10-,13+/m0/s1. The molecule has 5 heteroatoms. The van der Waals surface area contributed by atoms with E-state index < -0.39 is 12.0 Å². The van der Waals surface area contributed by atoms with Crippen molar-refractivity contribution in [1.82, 2.24) is 4.90 Å². The number of nitrogens with zero attached hydrogens (tertiary/aromatic N) is 1. The van der Waals surface area contributed by atoms with Crippen LogP contribution in [0.3, 0.4) is 0 Å². The normalized spacial score (nSPS) is 20.1. The van der Waals surface area contributed by atoms with Gasteiger partial charge in [-0.25, -0.2) is 14.1 Å². The van der Waals surface area contributed by atoms with E-state index in [-0.39, 0.29) is 30.3 Å². The highest BCUT2D eigenvalue weighted by molar-refractivity contribution is 5.97. The first-order valence-electron chi connectivity index (χ1n) is 6.67. The number of hydrogen-bond donors (Lipinski definition) is 0. The van der Waals surface area contributed by atoms with Gasteiger partial charge in [0, 0.05) is 0 Å². The quantitative estimate of drug-likeness (QED) is 0.854. The molecule has 1 saturated heterocycles. The molecule has 1 heterocycles. The van der Waals surface area contributed by atoms with Crippen molar-refractivity contribution in [3.05, 3.63) is 35.6 Å². The van der Waals surface area contributed by atoms with Gasteiger partial charge < -0.3 is 4.74 Å². The number of benzene rings is 1. The first-order valence-corrected chi connectivity index (χ1v) is 6.67. The summed E-state index contributed by atoms with van der Waals surface area (Å²) in [5.41, 5.74) is 0.679. The maximum Gasteiger partial charge on any atom is 0.417 e. The third-order valence-corrected chi connectivity index (χ3v) is 3.65. The highest BCUT2D eigenvalue weighted by Gasteiger charge is 2.41. The Labute approximate surface area is 117 Å². The van der Waals surface area contributed by atoms with Crippen LogP contribution in [0.2, 0.25) is 0 Å². The van der Waals surface area contributed by atoms with E-state index in [0.29, 0.717) is 5.56 Å². The van der Waals surface area contributed by atoms with Gasteiger partial charge in [0.2, 0.25) is 5.91 Å². The molecule has 2 atom stereocenters. The van der Waals surface area contributed by atoms with Crippen molar-refractivity contribution in [2.75, 3.05) is 6.61 Å². The van der Waals surface area contributed by atoms with Crippen molar-refractivity contribution in [2.24, 2.45) is 5.92 Å². The molecule has 1 aromatic rings. The second-order valence-corrected chi connectivity index (χ2v) is 5.37. The Bertz CT molecular complexity index is 512. The molecule has 2 amide bonds. The number of halogens is 1. The Kier molecular flexibility index (Phi) is 4.06. The Morgan fingerprint density at radius 2 is 1.90 bits per heavy atom. The molecule has 20 heavy (non-hydrogen) atoms. The van der Waals surface area contributed by atoms with Gasteiger partial charge in [-0.3, -0.25) is 4.79 Å². The minimum atomic E-state index is -0.595. The van der Waals surface area contributed by atoms with Crippen molar-refractivity contribution in [1.29, 1.82) is 0 Å². The minimum Gasteiger partial charge on any atom is -0.447 e. The summed E-state index contributed by atoms with van der Waals surface area (Å²) in [6, 6.07) is 5.49. The van der Waals surface area contributed by atoms with Crippen LogP contribution in [0.15, 0.2) is 24.3 Å². The van der Waals surface area contributed by atoms with E-state index in [1.807, 2.05) is 13.8 Å². The van der Waals surface area contributed by atoms with Crippen LogP contribution in [-0.2, 0) is 9.53 Å². The molecule has 1 fully saturated rings. The van der Waals surface area contributed by atoms with Gasteiger partial charge >= 0.3 is 6.09 Å². The van der Waals surface area contributed by atoms with E-state index in [1.165, 1.54) is 17.0 Å². The molecule has 2 rings (SSSR count). The predicted octanol–water partition coefficient (Wildman–Crippen LogP) is 2.93. The fourth-order valence-electron chi connectivity index (χ4n) is 2.28. The third-order valence-electron chi connectivity index (χ3n) is 3.65. The van der Waals surface area contributed by atoms with E-state index in [4.69, 9.17) is 4.74 Å². The summed E-state index contributed by atoms with van der Waals surface area (Å²) < 4.78 is 17.9. The number of rotatable bonds is 3. The lowest BCUT2D eigenvalue weighted by Gasteiger charge is -2.25. The van der Waals surface area contributed by atoms with Crippen molar-refractivity contribution in [2.45, 2.75) is 32.7 Å². The zero-order valence-corrected chi connectivity index (χ0v) is 11.8. The van der Waals surface area contributed by atoms with Crippen LogP contribution in [-0.4, -0.2) is 29.5 Å². The van der Waals surface area contributed by atoms with Crippen LogP contribution in [0.5, 0.6) is 0 Å². The lowest BCUT2D eigenvalue weighted by molar-refractivity contribution is -0.131. The molecule has 1 aromatic carbocycles. The highest BCUT2D eigenvalue weighted by atomic mass is 19.1. The number of hydrogen-bond acceptors (Lipinski definition) is 3. The Morgan fingerprint density at radius 1 is 1.30 bits per heavy atom. The minimum absolute atomic E-state index is 0.130. The summed E-state index contributed by atoms with van der Waals surface area (Å²) in [5, 5.41) is 0. The molecule has 0 spiro atoms. The van der Waals surface area contributed by atoms with Crippen molar-refractivity contribution in [3.63, 3.8) is 0 Å². The molecular weight excluding hydrogens is 261 g/mol. The molecule has 4 nitrogen and oxygen atoms in total. The number of cyclic esters (lactones) is 1. The maximum atomic E-state index is 12.9. The average Bonchev–Trinajstić information content (AvgIpc) is 2.80. The van der Waals surface area contributed by atoms with Crippen molar-refractivity contribution < 1.29 is 18.7 Å². The predicted molar refractivity (Wildman–Crippen MR) is 71.6 cm³/mol. The number of carbonyl (C=O) groups is 2. The lowest BCUT2D eigenvalue weighted by atomic mass is 9.97.